The fourth-order valence-electron chi connectivity index (χ4n) is 1.94. The molecular weight excluding hydrogens is 323 g/mol. The van der Waals surface area contributed by atoms with E-state index in [1.807, 2.05) is 0 Å². The van der Waals surface area contributed by atoms with Crippen LogP contribution in [0.25, 0.3) is 0 Å². The van der Waals surface area contributed by atoms with Crippen LogP contribution in [0.1, 0.15) is 28.4 Å². The van der Waals surface area contributed by atoms with E-state index < -0.39 is 23.2 Å². The van der Waals surface area contributed by atoms with E-state index in [0.717, 1.165) is 12.1 Å². The van der Waals surface area contributed by atoms with E-state index in [2.05, 4.69) is 10.5 Å². The van der Waals surface area contributed by atoms with Gasteiger partial charge < -0.3 is 4.57 Å². The number of amides is 1. The summed E-state index contributed by atoms with van der Waals surface area (Å²) in [4.78, 5) is 23.9. The van der Waals surface area contributed by atoms with Gasteiger partial charge in [0.15, 0.2) is 0 Å². The molecule has 0 aliphatic rings. The third kappa shape index (κ3) is 4.09. The van der Waals surface area contributed by atoms with Crippen LogP contribution in [-0.4, -0.2) is 16.7 Å². The summed E-state index contributed by atoms with van der Waals surface area (Å²) in [6.45, 7) is 2.20. The predicted molar refractivity (Wildman–Crippen MR) is 82.9 cm³/mol. The maximum atomic E-state index is 12.4. The minimum Gasteiger partial charge on any atom is -0.315 e. The van der Waals surface area contributed by atoms with Gasteiger partial charge in [0, 0.05) is 12.7 Å². The van der Waals surface area contributed by atoms with E-state index in [9.17, 15) is 22.8 Å². The van der Waals surface area contributed by atoms with Crippen molar-refractivity contribution in [2.75, 3.05) is 0 Å². The van der Waals surface area contributed by atoms with Crippen molar-refractivity contribution in [1.82, 2.24) is 9.99 Å². The van der Waals surface area contributed by atoms with Crippen molar-refractivity contribution in [3.63, 3.8) is 0 Å². The molecule has 0 saturated carbocycles. The Morgan fingerprint density at radius 1 is 1.25 bits per heavy atom. The normalized spacial score (nSPS) is 11.7. The Kier molecular flexibility index (Phi) is 5.18. The number of aromatic nitrogens is 1. The molecule has 0 radical (unpaired) electrons. The van der Waals surface area contributed by atoms with Crippen molar-refractivity contribution >= 4 is 12.1 Å². The summed E-state index contributed by atoms with van der Waals surface area (Å²) in [6, 6.07) is 7.23. The Labute approximate surface area is 135 Å². The van der Waals surface area contributed by atoms with E-state index >= 15 is 0 Å². The van der Waals surface area contributed by atoms with E-state index in [1.54, 1.807) is 19.2 Å². The number of hydrazone groups is 1. The number of alkyl halides is 3. The second-order valence-corrected chi connectivity index (χ2v) is 4.83. The summed E-state index contributed by atoms with van der Waals surface area (Å²) < 4.78 is 38.7. The molecule has 126 valence electrons. The van der Waals surface area contributed by atoms with Gasteiger partial charge in [0.05, 0.1) is 11.8 Å². The summed E-state index contributed by atoms with van der Waals surface area (Å²) in [5.74, 6) is -0.689. The predicted octanol–water partition coefficient (Wildman–Crippen LogP) is 2.65. The van der Waals surface area contributed by atoms with Crippen molar-refractivity contribution < 1.29 is 18.0 Å². The molecule has 24 heavy (non-hydrogen) atoms. The minimum atomic E-state index is -4.41. The number of halogens is 3. The first kappa shape index (κ1) is 17.5. The number of aryl methyl sites for hydroxylation is 1. The Morgan fingerprint density at radius 2 is 1.92 bits per heavy atom. The topological polar surface area (TPSA) is 63.5 Å². The van der Waals surface area contributed by atoms with Crippen LogP contribution in [0.5, 0.6) is 0 Å². The number of hydrogen-bond donors (Lipinski definition) is 1. The second kappa shape index (κ2) is 7.12. The van der Waals surface area contributed by atoms with Crippen molar-refractivity contribution in [2.45, 2.75) is 19.6 Å². The molecule has 1 heterocycles. The fraction of sp³-hybridized carbons (Fsp3) is 0.188. The first-order valence-electron chi connectivity index (χ1n) is 7.03. The molecule has 0 aliphatic carbocycles. The number of benzene rings is 1. The lowest BCUT2D eigenvalue weighted by molar-refractivity contribution is -0.137. The summed E-state index contributed by atoms with van der Waals surface area (Å²) in [7, 11) is 0. The number of hydrogen-bond acceptors (Lipinski definition) is 3. The van der Waals surface area contributed by atoms with Crippen molar-refractivity contribution in [1.29, 1.82) is 0 Å². The summed E-state index contributed by atoms with van der Waals surface area (Å²) in [5.41, 5.74) is 1.28. The molecule has 0 spiro atoms. The third-order valence-electron chi connectivity index (χ3n) is 3.22. The quantitative estimate of drug-likeness (QED) is 0.689. The molecule has 0 aliphatic heterocycles. The maximum absolute atomic E-state index is 12.4. The zero-order valence-electron chi connectivity index (χ0n) is 12.7. The molecule has 1 aromatic heterocycles. The number of carbonyl (C=O) groups is 1. The van der Waals surface area contributed by atoms with Gasteiger partial charge in [-0.15, -0.1) is 0 Å². The van der Waals surface area contributed by atoms with Crippen LogP contribution in [0.4, 0.5) is 13.2 Å². The standard InChI is InChI=1S/C16H14F3N3O2/c1-2-22-9-3-4-13(15(22)24)14(23)21-20-10-11-5-7-12(8-6-11)16(17,18)19/h3-10H,2H2,1H3,(H,21,23)/b20-10-. The highest BCUT2D eigenvalue weighted by Gasteiger charge is 2.29. The van der Waals surface area contributed by atoms with Crippen LogP contribution >= 0.6 is 0 Å². The lowest BCUT2D eigenvalue weighted by atomic mass is 10.1. The average molecular weight is 337 g/mol. The highest BCUT2D eigenvalue weighted by Crippen LogP contribution is 2.28. The maximum Gasteiger partial charge on any atom is 0.416 e. The first-order valence-corrected chi connectivity index (χ1v) is 7.03. The van der Waals surface area contributed by atoms with Gasteiger partial charge in [-0.1, -0.05) is 12.1 Å². The van der Waals surface area contributed by atoms with E-state index in [0.29, 0.717) is 12.1 Å². The number of pyridine rings is 1. The minimum absolute atomic E-state index is 0.0658. The highest BCUT2D eigenvalue weighted by atomic mass is 19.4. The molecular formula is C16H14F3N3O2. The lowest BCUT2D eigenvalue weighted by Gasteiger charge is -2.06. The smallest absolute Gasteiger partial charge is 0.315 e. The van der Waals surface area contributed by atoms with Gasteiger partial charge >= 0.3 is 6.18 Å². The molecule has 0 atom stereocenters. The Morgan fingerprint density at radius 3 is 2.50 bits per heavy atom. The molecule has 0 unspecified atom stereocenters. The monoisotopic (exact) mass is 337 g/mol. The number of nitrogens with zero attached hydrogens (tertiary/aromatic N) is 2. The van der Waals surface area contributed by atoms with Crippen LogP contribution in [0, 0.1) is 0 Å². The van der Waals surface area contributed by atoms with Crippen LogP contribution in [0.2, 0.25) is 0 Å². The van der Waals surface area contributed by atoms with Crippen LogP contribution in [0.15, 0.2) is 52.5 Å². The van der Waals surface area contributed by atoms with Gasteiger partial charge in [-0.3, -0.25) is 9.59 Å². The van der Waals surface area contributed by atoms with Crippen LogP contribution < -0.4 is 11.0 Å². The van der Waals surface area contributed by atoms with Gasteiger partial charge in [0.25, 0.3) is 11.5 Å². The highest BCUT2D eigenvalue weighted by molar-refractivity contribution is 5.94. The Hall–Kier alpha value is -2.90. The molecule has 8 heteroatoms. The van der Waals surface area contributed by atoms with E-state index in [4.69, 9.17) is 0 Å². The van der Waals surface area contributed by atoms with Gasteiger partial charge in [0.2, 0.25) is 0 Å². The fourth-order valence-corrected chi connectivity index (χ4v) is 1.94. The summed E-state index contributed by atoms with van der Waals surface area (Å²) in [5, 5.41) is 3.65. The molecule has 1 N–H and O–H groups in total. The zero-order valence-corrected chi connectivity index (χ0v) is 12.7. The molecule has 1 aromatic carbocycles. The first-order chi connectivity index (χ1) is 11.3. The third-order valence-corrected chi connectivity index (χ3v) is 3.22. The van der Waals surface area contributed by atoms with Gasteiger partial charge in [-0.2, -0.15) is 18.3 Å². The second-order valence-electron chi connectivity index (χ2n) is 4.83. The lowest BCUT2D eigenvalue weighted by Crippen LogP contribution is -2.30. The number of rotatable bonds is 4. The van der Waals surface area contributed by atoms with E-state index in [1.165, 1.54) is 29.0 Å². The molecule has 0 saturated heterocycles. The number of nitrogens with one attached hydrogen (secondary N) is 1. The van der Waals surface area contributed by atoms with Gasteiger partial charge in [-0.25, -0.2) is 5.43 Å². The molecule has 1 amide bonds. The average Bonchev–Trinajstić information content (AvgIpc) is 2.54. The van der Waals surface area contributed by atoms with Crippen molar-refractivity contribution in [3.8, 4) is 0 Å². The largest absolute Gasteiger partial charge is 0.416 e. The molecule has 0 fully saturated rings. The Balaban J connectivity index is 2.06. The van der Waals surface area contributed by atoms with Gasteiger partial charge in [0.1, 0.15) is 5.56 Å². The molecule has 0 bridgehead atoms. The zero-order chi connectivity index (χ0) is 17.7. The van der Waals surface area contributed by atoms with Crippen molar-refractivity contribution in [2.24, 2.45) is 5.10 Å². The summed E-state index contributed by atoms with van der Waals surface area (Å²) >= 11 is 0. The van der Waals surface area contributed by atoms with Gasteiger partial charge in [-0.05, 0) is 36.8 Å². The Bertz CT molecular complexity index is 809. The van der Waals surface area contributed by atoms with E-state index in [-0.39, 0.29) is 5.56 Å². The van der Waals surface area contributed by atoms with Crippen LogP contribution in [-0.2, 0) is 12.7 Å². The molecule has 5 nitrogen and oxygen atoms in total. The summed E-state index contributed by atoms with van der Waals surface area (Å²) in [6.07, 6.45) is -1.65. The SMILES string of the molecule is CCn1cccc(C(=O)N/N=C\c2ccc(C(F)(F)F)cc2)c1=O. The number of carbonyl (C=O) groups excluding carboxylic acids is 1. The van der Waals surface area contributed by atoms with Crippen molar-refractivity contribution in [3.05, 3.63) is 69.6 Å². The molecule has 2 aromatic rings. The van der Waals surface area contributed by atoms with Crippen LogP contribution in [0.3, 0.4) is 0 Å². The molecule has 2 rings (SSSR count).